The molecular formula is C13H14N2O3. The molecule has 5 nitrogen and oxygen atoms in total. The van der Waals surface area contributed by atoms with E-state index in [1.807, 2.05) is 31.2 Å². The quantitative estimate of drug-likeness (QED) is 0.871. The van der Waals surface area contributed by atoms with Crippen molar-refractivity contribution in [2.45, 2.75) is 13.5 Å². The van der Waals surface area contributed by atoms with Crippen LogP contribution in [0.3, 0.4) is 0 Å². The fraction of sp³-hybridized carbons (Fsp3) is 0.231. The molecule has 0 aliphatic carbocycles. The molecule has 18 heavy (non-hydrogen) atoms. The Balaban J connectivity index is 1.73. The Morgan fingerprint density at radius 3 is 2.83 bits per heavy atom. The van der Waals surface area contributed by atoms with Gasteiger partial charge in [-0.05, 0) is 19.1 Å². The fourth-order valence-electron chi connectivity index (χ4n) is 1.35. The lowest BCUT2D eigenvalue weighted by Crippen LogP contribution is -2.28. The molecule has 0 unspecified atom stereocenters. The first-order valence-electron chi connectivity index (χ1n) is 5.57. The number of nitrogens with one attached hydrogen (secondary N) is 1. The Morgan fingerprint density at radius 1 is 1.39 bits per heavy atom. The van der Waals surface area contributed by atoms with Gasteiger partial charge in [-0.1, -0.05) is 17.7 Å². The van der Waals surface area contributed by atoms with Gasteiger partial charge in [0.15, 0.2) is 13.0 Å². The Hall–Kier alpha value is -2.30. The summed E-state index contributed by atoms with van der Waals surface area (Å²) in [5.74, 6) is 0.482. The molecule has 1 N–H and O–H groups in total. The topological polar surface area (TPSA) is 64.4 Å². The van der Waals surface area contributed by atoms with Gasteiger partial charge >= 0.3 is 0 Å². The predicted molar refractivity (Wildman–Crippen MR) is 65.0 cm³/mol. The number of hydrogen-bond acceptors (Lipinski definition) is 4. The number of oxazole rings is 1. The zero-order valence-corrected chi connectivity index (χ0v) is 10.1. The zero-order chi connectivity index (χ0) is 12.8. The standard InChI is InChI=1S/C13H14N2O3/c1-10-2-4-12(5-3-10)18-8-13(16)14-6-11-7-17-9-15-11/h2-5,7,9H,6,8H2,1H3,(H,14,16). The summed E-state index contributed by atoms with van der Waals surface area (Å²) in [7, 11) is 0. The molecule has 0 bridgehead atoms. The van der Waals surface area contributed by atoms with E-state index in [2.05, 4.69) is 10.3 Å². The fourth-order valence-corrected chi connectivity index (χ4v) is 1.35. The SMILES string of the molecule is Cc1ccc(OCC(=O)NCc2cocn2)cc1. The molecule has 2 rings (SSSR count). The second-order valence-electron chi connectivity index (χ2n) is 3.86. The lowest BCUT2D eigenvalue weighted by Gasteiger charge is -2.06. The van der Waals surface area contributed by atoms with Crippen LogP contribution in [0.4, 0.5) is 0 Å². The molecule has 0 fully saturated rings. The number of carbonyl (C=O) groups excluding carboxylic acids is 1. The number of ether oxygens (including phenoxy) is 1. The van der Waals surface area contributed by atoms with E-state index in [0.717, 1.165) is 5.56 Å². The lowest BCUT2D eigenvalue weighted by atomic mass is 10.2. The van der Waals surface area contributed by atoms with Gasteiger partial charge in [0.05, 0.1) is 12.2 Å². The molecular weight excluding hydrogens is 232 g/mol. The number of aromatic nitrogens is 1. The van der Waals surface area contributed by atoms with Gasteiger partial charge in [-0.2, -0.15) is 0 Å². The van der Waals surface area contributed by atoms with Crippen molar-refractivity contribution in [3.63, 3.8) is 0 Å². The van der Waals surface area contributed by atoms with Crippen LogP contribution in [0.15, 0.2) is 41.3 Å². The summed E-state index contributed by atoms with van der Waals surface area (Å²) in [5.41, 5.74) is 1.83. The van der Waals surface area contributed by atoms with E-state index in [4.69, 9.17) is 9.15 Å². The molecule has 0 spiro atoms. The monoisotopic (exact) mass is 246 g/mol. The van der Waals surface area contributed by atoms with Crippen LogP contribution in [-0.2, 0) is 11.3 Å². The summed E-state index contributed by atoms with van der Waals surface area (Å²) < 4.78 is 10.1. The maximum Gasteiger partial charge on any atom is 0.258 e. The molecule has 0 aliphatic rings. The summed E-state index contributed by atoms with van der Waals surface area (Å²) in [4.78, 5) is 15.4. The largest absolute Gasteiger partial charge is 0.484 e. The van der Waals surface area contributed by atoms with Gasteiger partial charge in [0.1, 0.15) is 12.0 Å². The molecule has 1 aromatic carbocycles. The average Bonchev–Trinajstić information content (AvgIpc) is 2.89. The van der Waals surface area contributed by atoms with Crippen molar-refractivity contribution in [2.75, 3.05) is 6.61 Å². The maximum absolute atomic E-state index is 11.5. The highest BCUT2D eigenvalue weighted by atomic mass is 16.5. The number of carbonyl (C=O) groups is 1. The second-order valence-corrected chi connectivity index (χ2v) is 3.86. The first kappa shape index (κ1) is 12.2. The molecule has 0 atom stereocenters. The Morgan fingerprint density at radius 2 is 2.17 bits per heavy atom. The van der Waals surface area contributed by atoms with Gasteiger partial charge in [-0.15, -0.1) is 0 Å². The van der Waals surface area contributed by atoms with Crippen LogP contribution in [0.1, 0.15) is 11.3 Å². The van der Waals surface area contributed by atoms with Crippen molar-refractivity contribution in [3.05, 3.63) is 48.2 Å². The van der Waals surface area contributed by atoms with Crippen LogP contribution in [0.5, 0.6) is 5.75 Å². The smallest absolute Gasteiger partial charge is 0.258 e. The first-order chi connectivity index (χ1) is 8.74. The molecule has 1 amide bonds. The van der Waals surface area contributed by atoms with Crippen molar-refractivity contribution in [1.29, 1.82) is 0 Å². The molecule has 0 radical (unpaired) electrons. The van der Waals surface area contributed by atoms with E-state index in [0.29, 0.717) is 18.0 Å². The summed E-state index contributed by atoms with van der Waals surface area (Å²) in [6, 6.07) is 7.53. The van der Waals surface area contributed by atoms with Gasteiger partial charge in [-0.3, -0.25) is 4.79 Å². The van der Waals surface area contributed by atoms with Gasteiger partial charge in [0.25, 0.3) is 5.91 Å². The highest BCUT2D eigenvalue weighted by Gasteiger charge is 2.03. The molecule has 94 valence electrons. The Kier molecular flexibility index (Phi) is 3.96. The van der Waals surface area contributed by atoms with Crippen LogP contribution < -0.4 is 10.1 Å². The van der Waals surface area contributed by atoms with Crippen molar-refractivity contribution in [1.82, 2.24) is 10.3 Å². The van der Waals surface area contributed by atoms with E-state index >= 15 is 0 Å². The molecule has 2 aromatic rings. The summed E-state index contributed by atoms with van der Waals surface area (Å²) >= 11 is 0. The van der Waals surface area contributed by atoms with E-state index < -0.39 is 0 Å². The lowest BCUT2D eigenvalue weighted by molar-refractivity contribution is -0.123. The minimum atomic E-state index is -0.196. The minimum Gasteiger partial charge on any atom is -0.484 e. The van der Waals surface area contributed by atoms with E-state index in [9.17, 15) is 4.79 Å². The molecule has 5 heteroatoms. The third-order valence-electron chi connectivity index (χ3n) is 2.34. The molecule has 0 saturated carbocycles. The normalized spacial score (nSPS) is 10.1. The van der Waals surface area contributed by atoms with E-state index in [1.165, 1.54) is 12.7 Å². The first-order valence-corrected chi connectivity index (χ1v) is 5.57. The number of amides is 1. The van der Waals surface area contributed by atoms with Crippen LogP contribution in [0.2, 0.25) is 0 Å². The third kappa shape index (κ3) is 3.62. The van der Waals surface area contributed by atoms with Crippen LogP contribution >= 0.6 is 0 Å². The van der Waals surface area contributed by atoms with Gasteiger partial charge in [0, 0.05) is 0 Å². The zero-order valence-electron chi connectivity index (χ0n) is 10.1. The van der Waals surface area contributed by atoms with Crippen LogP contribution in [-0.4, -0.2) is 17.5 Å². The van der Waals surface area contributed by atoms with Crippen molar-refractivity contribution < 1.29 is 13.9 Å². The van der Waals surface area contributed by atoms with Crippen LogP contribution in [0, 0.1) is 6.92 Å². The maximum atomic E-state index is 11.5. The minimum absolute atomic E-state index is 0.0130. The number of hydrogen-bond donors (Lipinski definition) is 1. The van der Waals surface area contributed by atoms with Gasteiger partial charge in [-0.25, -0.2) is 4.98 Å². The molecule has 0 saturated heterocycles. The summed E-state index contributed by atoms with van der Waals surface area (Å²) in [5, 5.41) is 2.68. The predicted octanol–water partition coefficient (Wildman–Crippen LogP) is 1.68. The van der Waals surface area contributed by atoms with Crippen molar-refractivity contribution in [2.24, 2.45) is 0 Å². The molecule has 0 aliphatic heterocycles. The summed E-state index contributed by atoms with van der Waals surface area (Å²) in [6.45, 7) is 2.32. The molecule has 1 heterocycles. The number of aryl methyl sites for hydroxylation is 1. The highest BCUT2D eigenvalue weighted by Crippen LogP contribution is 2.10. The van der Waals surface area contributed by atoms with Gasteiger partial charge < -0.3 is 14.5 Å². The Bertz CT molecular complexity index is 491. The van der Waals surface area contributed by atoms with E-state index in [-0.39, 0.29) is 12.5 Å². The molecule has 1 aromatic heterocycles. The average molecular weight is 246 g/mol. The van der Waals surface area contributed by atoms with Crippen molar-refractivity contribution >= 4 is 5.91 Å². The Labute approximate surface area is 105 Å². The third-order valence-corrected chi connectivity index (χ3v) is 2.34. The number of nitrogens with zero attached hydrogens (tertiary/aromatic N) is 1. The van der Waals surface area contributed by atoms with Gasteiger partial charge in [0.2, 0.25) is 0 Å². The van der Waals surface area contributed by atoms with Crippen LogP contribution in [0.25, 0.3) is 0 Å². The number of benzene rings is 1. The van der Waals surface area contributed by atoms with Crippen molar-refractivity contribution in [3.8, 4) is 5.75 Å². The highest BCUT2D eigenvalue weighted by molar-refractivity contribution is 5.77. The van der Waals surface area contributed by atoms with E-state index in [1.54, 1.807) is 0 Å². The summed E-state index contributed by atoms with van der Waals surface area (Å²) in [6.07, 6.45) is 2.81. The number of rotatable bonds is 5. The second kappa shape index (κ2) is 5.86.